The number of allylic oxidation sites excluding steroid dienone is 2. The third-order valence-electron chi connectivity index (χ3n) is 6.07. The van der Waals surface area contributed by atoms with Gasteiger partial charge < -0.3 is 9.13 Å². The molecular formula is C30H30O2P2. The minimum Gasteiger partial charge on any atom is -0.314 e. The highest BCUT2D eigenvalue weighted by atomic mass is 31.2. The van der Waals surface area contributed by atoms with E-state index >= 15 is 0 Å². The third kappa shape index (κ3) is 5.58. The van der Waals surface area contributed by atoms with Crippen LogP contribution in [0.5, 0.6) is 0 Å². The Morgan fingerprint density at radius 1 is 0.471 bits per heavy atom. The van der Waals surface area contributed by atoms with Crippen molar-refractivity contribution < 1.29 is 9.13 Å². The van der Waals surface area contributed by atoms with Crippen LogP contribution in [0.2, 0.25) is 0 Å². The van der Waals surface area contributed by atoms with Gasteiger partial charge in [-0.3, -0.25) is 0 Å². The van der Waals surface area contributed by atoms with Gasteiger partial charge >= 0.3 is 0 Å². The molecule has 4 aromatic carbocycles. The lowest BCUT2D eigenvalue weighted by Crippen LogP contribution is -2.18. The molecule has 4 aromatic rings. The van der Waals surface area contributed by atoms with Crippen LogP contribution in [0.25, 0.3) is 0 Å². The first kappa shape index (κ1) is 24.2. The van der Waals surface area contributed by atoms with Crippen LogP contribution in [0.15, 0.2) is 133 Å². The molecule has 0 radical (unpaired) electrons. The summed E-state index contributed by atoms with van der Waals surface area (Å²) in [6.07, 6.45) is 6.83. The van der Waals surface area contributed by atoms with E-state index in [9.17, 15) is 9.13 Å². The molecule has 0 unspecified atom stereocenters. The highest BCUT2D eigenvalue weighted by Crippen LogP contribution is 2.45. The van der Waals surface area contributed by atoms with E-state index in [-0.39, 0.29) is 0 Å². The standard InChI is InChI=1S/C30H30O2P2/c31-33(27-17-7-3-8-18-27,28-19-9-4-10-20-28)25-15-1-2-16-26-34(32,29-21-11-5-12-22-29)30-23-13-6-14-24-30/h1,3-15,17-24H,2,16,25-26H2/b15-1+. The van der Waals surface area contributed by atoms with Crippen molar-refractivity contribution in [3.05, 3.63) is 133 Å². The summed E-state index contributed by atoms with van der Waals surface area (Å²) in [5.74, 6) is 0. The van der Waals surface area contributed by atoms with Gasteiger partial charge in [-0.05, 0) is 12.8 Å². The monoisotopic (exact) mass is 484 g/mol. The van der Waals surface area contributed by atoms with Crippen LogP contribution in [-0.4, -0.2) is 12.3 Å². The summed E-state index contributed by atoms with van der Waals surface area (Å²) >= 11 is 0. The Hall–Kier alpha value is -2.92. The molecule has 0 aliphatic heterocycles. The normalized spacial score (nSPS) is 12.1. The molecule has 0 saturated carbocycles. The maximum Gasteiger partial charge on any atom is 0.146 e. The van der Waals surface area contributed by atoms with Gasteiger partial charge in [0.25, 0.3) is 0 Å². The summed E-state index contributed by atoms with van der Waals surface area (Å²) in [4.78, 5) is 0. The summed E-state index contributed by atoms with van der Waals surface area (Å²) in [7, 11) is -5.43. The van der Waals surface area contributed by atoms with Gasteiger partial charge in [0.2, 0.25) is 0 Å². The van der Waals surface area contributed by atoms with E-state index in [1.165, 1.54) is 0 Å². The van der Waals surface area contributed by atoms with Gasteiger partial charge in [0, 0.05) is 33.5 Å². The Bertz CT molecular complexity index is 1200. The van der Waals surface area contributed by atoms with Crippen LogP contribution >= 0.6 is 14.3 Å². The van der Waals surface area contributed by atoms with Crippen LogP contribution in [0.3, 0.4) is 0 Å². The summed E-state index contributed by atoms with van der Waals surface area (Å²) in [6, 6.07) is 39.1. The molecule has 0 amide bonds. The molecule has 4 heteroatoms. The van der Waals surface area contributed by atoms with E-state index in [2.05, 4.69) is 6.08 Å². The summed E-state index contributed by atoms with van der Waals surface area (Å²) in [5.41, 5.74) is 0. The van der Waals surface area contributed by atoms with Crippen molar-refractivity contribution in [2.45, 2.75) is 12.8 Å². The predicted molar refractivity (Wildman–Crippen MR) is 148 cm³/mol. The van der Waals surface area contributed by atoms with Gasteiger partial charge in [-0.15, -0.1) is 0 Å². The summed E-state index contributed by atoms with van der Waals surface area (Å²) in [5, 5.41) is 3.57. The molecule has 4 rings (SSSR count). The molecule has 34 heavy (non-hydrogen) atoms. The van der Waals surface area contributed by atoms with Crippen molar-refractivity contribution in [1.82, 2.24) is 0 Å². The van der Waals surface area contributed by atoms with E-state index in [1.54, 1.807) is 0 Å². The van der Waals surface area contributed by atoms with E-state index in [0.29, 0.717) is 12.3 Å². The molecule has 0 aromatic heterocycles. The minimum atomic E-state index is -2.74. The average Bonchev–Trinajstić information content (AvgIpc) is 2.92. The molecule has 0 saturated heterocycles. The second-order valence-corrected chi connectivity index (χ2v) is 14.2. The fraction of sp³-hybridized carbons (Fsp3) is 0.133. The molecule has 0 aliphatic rings. The molecule has 0 spiro atoms. The maximum absolute atomic E-state index is 14.1. The van der Waals surface area contributed by atoms with Crippen molar-refractivity contribution in [2.24, 2.45) is 0 Å². The molecule has 0 heterocycles. The molecule has 0 aliphatic carbocycles. The van der Waals surface area contributed by atoms with Crippen molar-refractivity contribution in [3.63, 3.8) is 0 Å². The smallest absolute Gasteiger partial charge is 0.146 e. The summed E-state index contributed by atoms with van der Waals surface area (Å²) in [6.45, 7) is 0. The Morgan fingerprint density at radius 3 is 1.21 bits per heavy atom. The lowest BCUT2D eigenvalue weighted by atomic mass is 10.3. The quantitative estimate of drug-likeness (QED) is 0.149. The van der Waals surface area contributed by atoms with Gasteiger partial charge in [-0.1, -0.05) is 133 Å². The molecule has 0 bridgehead atoms. The largest absolute Gasteiger partial charge is 0.314 e. The van der Waals surface area contributed by atoms with E-state index in [0.717, 1.165) is 34.1 Å². The van der Waals surface area contributed by atoms with Crippen LogP contribution in [-0.2, 0) is 9.13 Å². The van der Waals surface area contributed by atoms with Crippen LogP contribution in [0.4, 0.5) is 0 Å². The summed E-state index contributed by atoms with van der Waals surface area (Å²) < 4.78 is 28.2. The first-order valence-electron chi connectivity index (χ1n) is 11.7. The fourth-order valence-corrected chi connectivity index (χ4v) is 9.44. The third-order valence-corrected chi connectivity index (χ3v) is 12.3. The Balaban J connectivity index is 1.46. The van der Waals surface area contributed by atoms with E-state index < -0.39 is 14.3 Å². The zero-order valence-corrected chi connectivity index (χ0v) is 21.0. The highest BCUT2D eigenvalue weighted by molar-refractivity contribution is 7.79. The molecule has 0 N–H and O–H groups in total. The molecule has 0 fully saturated rings. The average molecular weight is 485 g/mol. The lowest BCUT2D eigenvalue weighted by molar-refractivity contribution is 0.585. The van der Waals surface area contributed by atoms with Crippen molar-refractivity contribution >= 4 is 35.5 Å². The molecule has 172 valence electrons. The van der Waals surface area contributed by atoms with Crippen LogP contribution in [0.1, 0.15) is 12.8 Å². The van der Waals surface area contributed by atoms with Crippen molar-refractivity contribution in [3.8, 4) is 0 Å². The number of hydrogen-bond acceptors (Lipinski definition) is 2. The number of benzene rings is 4. The number of rotatable bonds is 10. The van der Waals surface area contributed by atoms with Gasteiger partial charge in [-0.2, -0.15) is 0 Å². The molecular weight excluding hydrogens is 454 g/mol. The second kappa shape index (κ2) is 11.5. The second-order valence-electron chi connectivity index (χ2n) is 8.34. The molecule has 0 atom stereocenters. The number of hydrogen-bond donors (Lipinski definition) is 0. The van der Waals surface area contributed by atoms with Crippen LogP contribution < -0.4 is 21.2 Å². The zero-order chi connectivity index (χ0) is 23.7. The SMILES string of the molecule is O=P(C/C=C/CCCP(=O)(c1ccccc1)c1ccccc1)(c1ccccc1)c1ccccc1. The highest BCUT2D eigenvalue weighted by Gasteiger charge is 2.27. The maximum atomic E-state index is 14.1. The molecule has 2 nitrogen and oxygen atoms in total. The topological polar surface area (TPSA) is 34.1 Å². The van der Waals surface area contributed by atoms with Crippen molar-refractivity contribution in [1.29, 1.82) is 0 Å². The zero-order valence-electron chi connectivity index (χ0n) is 19.2. The van der Waals surface area contributed by atoms with E-state index in [1.807, 2.05) is 127 Å². The Kier molecular flexibility index (Phi) is 8.17. The van der Waals surface area contributed by atoms with Gasteiger partial charge in [0.05, 0.1) is 0 Å². The van der Waals surface area contributed by atoms with Crippen molar-refractivity contribution in [2.75, 3.05) is 12.3 Å². The lowest BCUT2D eigenvalue weighted by Gasteiger charge is -2.19. The van der Waals surface area contributed by atoms with Gasteiger partial charge in [0.15, 0.2) is 0 Å². The number of unbranched alkanes of at least 4 members (excludes halogenated alkanes) is 1. The Labute approximate surface area is 203 Å². The first-order chi connectivity index (χ1) is 16.6. The van der Waals surface area contributed by atoms with Gasteiger partial charge in [0.1, 0.15) is 14.3 Å². The Morgan fingerprint density at radius 2 is 0.824 bits per heavy atom. The van der Waals surface area contributed by atoms with E-state index in [4.69, 9.17) is 0 Å². The van der Waals surface area contributed by atoms with Crippen LogP contribution in [0, 0.1) is 0 Å². The van der Waals surface area contributed by atoms with Gasteiger partial charge in [-0.25, -0.2) is 0 Å². The fourth-order valence-electron chi connectivity index (χ4n) is 4.21. The first-order valence-corrected chi connectivity index (χ1v) is 15.5. The predicted octanol–water partition coefficient (Wildman–Crippen LogP) is 6.35. The minimum absolute atomic E-state index is 0.482.